The Kier molecular flexibility index (Phi) is 6.04. The summed E-state index contributed by atoms with van der Waals surface area (Å²) in [7, 11) is 0. The van der Waals surface area contributed by atoms with Gasteiger partial charge in [0.15, 0.2) is 0 Å². The Hall–Kier alpha value is -1.27. The van der Waals surface area contributed by atoms with Crippen molar-refractivity contribution in [1.29, 1.82) is 0 Å². The molecule has 0 aliphatic heterocycles. The monoisotopic (exact) mass is 302 g/mol. The molecule has 0 N–H and O–H groups in total. The molecule has 0 heterocycles. The summed E-state index contributed by atoms with van der Waals surface area (Å²) in [6.45, 7) is 13.2. The molecular formula is C20H27Cl. The van der Waals surface area contributed by atoms with E-state index < -0.39 is 0 Å². The number of hydrogen-bond acceptors (Lipinski definition) is 0. The SMILES string of the molecule is CC(C)(C)c1cccc(Cl)c1.CC(C)(C)c1ccccc1. The van der Waals surface area contributed by atoms with Crippen molar-refractivity contribution in [3.63, 3.8) is 0 Å². The predicted octanol–water partition coefficient (Wildman–Crippen LogP) is 6.62. The van der Waals surface area contributed by atoms with E-state index in [1.165, 1.54) is 11.1 Å². The van der Waals surface area contributed by atoms with Gasteiger partial charge in [0.25, 0.3) is 0 Å². The molecule has 0 bridgehead atoms. The summed E-state index contributed by atoms with van der Waals surface area (Å²) in [5, 5.41) is 0.817. The highest BCUT2D eigenvalue weighted by Gasteiger charge is 2.12. The van der Waals surface area contributed by atoms with Crippen molar-refractivity contribution in [3.05, 3.63) is 70.7 Å². The number of halogens is 1. The second-order valence-corrected chi connectivity index (χ2v) is 7.81. The van der Waals surface area contributed by atoms with Crippen LogP contribution in [-0.2, 0) is 10.8 Å². The van der Waals surface area contributed by atoms with Gasteiger partial charge in [0, 0.05) is 5.02 Å². The molecule has 114 valence electrons. The summed E-state index contributed by atoms with van der Waals surface area (Å²) < 4.78 is 0. The lowest BCUT2D eigenvalue weighted by Crippen LogP contribution is -2.10. The van der Waals surface area contributed by atoms with Gasteiger partial charge in [0.05, 0.1) is 0 Å². The third-order valence-corrected chi connectivity index (χ3v) is 3.57. The Morgan fingerprint density at radius 1 is 0.619 bits per heavy atom. The van der Waals surface area contributed by atoms with Crippen LogP contribution in [0.25, 0.3) is 0 Å². The van der Waals surface area contributed by atoms with E-state index in [1.807, 2.05) is 18.2 Å². The van der Waals surface area contributed by atoms with Crippen molar-refractivity contribution in [2.45, 2.75) is 52.4 Å². The molecule has 0 aromatic heterocycles. The van der Waals surface area contributed by atoms with Gasteiger partial charge in [0.1, 0.15) is 0 Å². The zero-order valence-electron chi connectivity index (χ0n) is 14.1. The Bertz CT molecular complexity index is 542. The fraction of sp³-hybridized carbons (Fsp3) is 0.400. The zero-order chi connectivity index (χ0) is 16.1. The largest absolute Gasteiger partial charge is 0.0843 e. The van der Waals surface area contributed by atoms with Crippen LogP contribution in [0.15, 0.2) is 54.6 Å². The zero-order valence-corrected chi connectivity index (χ0v) is 14.8. The molecule has 0 amide bonds. The Labute approximate surface area is 135 Å². The Morgan fingerprint density at radius 2 is 1.10 bits per heavy atom. The molecule has 0 spiro atoms. The highest BCUT2D eigenvalue weighted by Crippen LogP contribution is 2.24. The first-order valence-corrected chi connectivity index (χ1v) is 7.80. The molecular weight excluding hydrogens is 276 g/mol. The van der Waals surface area contributed by atoms with Gasteiger partial charge in [0.2, 0.25) is 0 Å². The van der Waals surface area contributed by atoms with Crippen LogP contribution in [0.3, 0.4) is 0 Å². The maximum atomic E-state index is 5.85. The molecule has 1 heteroatoms. The van der Waals surface area contributed by atoms with Crippen molar-refractivity contribution in [3.8, 4) is 0 Å². The summed E-state index contributed by atoms with van der Waals surface area (Å²) >= 11 is 5.85. The van der Waals surface area contributed by atoms with Crippen molar-refractivity contribution >= 4 is 11.6 Å². The van der Waals surface area contributed by atoms with E-state index in [4.69, 9.17) is 11.6 Å². The molecule has 0 nitrogen and oxygen atoms in total. The molecule has 2 rings (SSSR count). The molecule has 0 radical (unpaired) electrons. The summed E-state index contributed by atoms with van der Waals surface area (Å²) in [5.74, 6) is 0. The van der Waals surface area contributed by atoms with Gasteiger partial charge >= 0.3 is 0 Å². The van der Waals surface area contributed by atoms with E-state index in [1.54, 1.807) is 0 Å². The van der Waals surface area contributed by atoms with Gasteiger partial charge in [-0.15, -0.1) is 0 Å². The van der Waals surface area contributed by atoms with E-state index in [0.717, 1.165) is 5.02 Å². The molecule has 2 aromatic rings. The minimum Gasteiger partial charge on any atom is -0.0843 e. The van der Waals surface area contributed by atoms with Crippen LogP contribution in [0.4, 0.5) is 0 Å². The predicted molar refractivity (Wildman–Crippen MR) is 95.3 cm³/mol. The van der Waals surface area contributed by atoms with Crippen LogP contribution in [0.5, 0.6) is 0 Å². The van der Waals surface area contributed by atoms with Gasteiger partial charge < -0.3 is 0 Å². The van der Waals surface area contributed by atoms with Crippen molar-refractivity contribution in [2.24, 2.45) is 0 Å². The molecule has 0 aliphatic carbocycles. The molecule has 21 heavy (non-hydrogen) atoms. The lowest BCUT2D eigenvalue weighted by Gasteiger charge is -2.18. The van der Waals surface area contributed by atoms with Gasteiger partial charge in [-0.25, -0.2) is 0 Å². The average Bonchev–Trinajstić information content (AvgIpc) is 2.38. The fourth-order valence-corrected chi connectivity index (χ4v) is 2.08. The molecule has 2 aromatic carbocycles. The van der Waals surface area contributed by atoms with Crippen LogP contribution in [0.2, 0.25) is 5.02 Å². The van der Waals surface area contributed by atoms with Crippen LogP contribution in [-0.4, -0.2) is 0 Å². The summed E-state index contributed by atoms with van der Waals surface area (Å²) in [6.07, 6.45) is 0. The second kappa shape index (κ2) is 7.13. The van der Waals surface area contributed by atoms with Gasteiger partial charge in [-0.2, -0.15) is 0 Å². The van der Waals surface area contributed by atoms with Crippen molar-refractivity contribution in [2.75, 3.05) is 0 Å². The minimum absolute atomic E-state index is 0.199. The topological polar surface area (TPSA) is 0 Å². The molecule has 0 unspecified atom stereocenters. The number of hydrogen-bond donors (Lipinski definition) is 0. The van der Waals surface area contributed by atoms with E-state index in [0.29, 0.717) is 5.41 Å². The maximum Gasteiger partial charge on any atom is 0.0408 e. The summed E-state index contributed by atoms with van der Waals surface area (Å²) in [5.41, 5.74) is 3.17. The molecule has 0 atom stereocenters. The smallest absolute Gasteiger partial charge is 0.0408 e. The van der Waals surface area contributed by atoms with Crippen LogP contribution in [0.1, 0.15) is 52.7 Å². The van der Waals surface area contributed by atoms with Crippen LogP contribution >= 0.6 is 11.6 Å². The summed E-state index contributed by atoms with van der Waals surface area (Å²) in [6, 6.07) is 18.6. The first kappa shape index (κ1) is 17.8. The number of benzene rings is 2. The van der Waals surface area contributed by atoms with Gasteiger partial charge in [-0.05, 0) is 34.1 Å². The number of rotatable bonds is 0. The van der Waals surface area contributed by atoms with E-state index in [2.05, 4.69) is 77.9 Å². The van der Waals surface area contributed by atoms with Crippen LogP contribution in [0, 0.1) is 0 Å². The van der Waals surface area contributed by atoms with Crippen molar-refractivity contribution in [1.82, 2.24) is 0 Å². The highest BCUT2D eigenvalue weighted by atomic mass is 35.5. The van der Waals surface area contributed by atoms with E-state index >= 15 is 0 Å². The standard InChI is InChI=1S/C10H13Cl.C10H14/c1-10(2,3)8-5-4-6-9(11)7-8;1-10(2,3)9-7-5-4-6-8-9/h4-7H,1-3H3;4-8H,1-3H3. The first-order valence-electron chi connectivity index (χ1n) is 7.42. The normalized spacial score (nSPS) is 11.6. The van der Waals surface area contributed by atoms with Crippen LogP contribution < -0.4 is 0 Å². The fourth-order valence-electron chi connectivity index (χ4n) is 1.89. The average molecular weight is 303 g/mol. The van der Waals surface area contributed by atoms with Gasteiger partial charge in [-0.1, -0.05) is 95.6 Å². The lowest BCUT2D eigenvalue weighted by atomic mass is 9.87. The van der Waals surface area contributed by atoms with E-state index in [9.17, 15) is 0 Å². The second-order valence-electron chi connectivity index (χ2n) is 7.38. The quantitative estimate of drug-likeness (QED) is 0.513. The first-order chi connectivity index (χ1) is 9.60. The Morgan fingerprint density at radius 3 is 1.43 bits per heavy atom. The maximum absolute atomic E-state index is 5.85. The Balaban J connectivity index is 0.000000211. The molecule has 0 saturated carbocycles. The molecule has 0 fully saturated rings. The lowest BCUT2D eigenvalue weighted by molar-refractivity contribution is 0.590. The molecule has 0 saturated heterocycles. The third kappa shape index (κ3) is 6.35. The van der Waals surface area contributed by atoms with E-state index in [-0.39, 0.29) is 5.41 Å². The summed E-state index contributed by atoms with van der Waals surface area (Å²) in [4.78, 5) is 0. The molecule has 0 aliphatic rings. The van der Waals surface area contributed by atoms with Gasteiger partial charge in [-0.3, -0.25) is 0 Å². The van der Waals surface area contributed by atoms with Crippen molar-refractivity contribution < 1.29 is 0 Å². The highest BCUT2D eigenvalue weighted by molar-refractivity contribution is 6.30. The third-order valence-electron chi connectivity index (χ3n) is 3.33. The minimum atomic E-state index is 0.199.